The van der Waals surface area contributed by atoms with Gasteiger partial charge in [0.05, 0.1) is 5.25 Å². The van der Waals surface area contributed by atoms with Gasteiger partial charge in [0, 0.05) is 5.56 Å². The minimum absolute atomic E-state index is 0.00529. The second kappa shape index (κ2) is 12.6. The molecule has 0 aromatic heterocycles. The largest absolute Gasteiger partial charge is 0.293 e. The second-order valence-electron chi connectivity index (χ2n) is 7.05. The van der Waals surface area contributed by atoms with E-state index in [4.69, 9.17) is 0 Å². The summed E-state index contributed by atoms with van der Waals surface area (Å²) < 4.78 is 0. The first kappa shape index (κ1) is 22.2. The summed E-state index contributed by atoms with van der Waals surface area (Å²) in [6, 6.07) is 9.66. The van der Waals surface area contributed by atoms with Crippen molar-refractivity contribution >= 4 is 17.5 Å². The molecule has 0 saturated carbocycles. The van der Waals surface area contributed by atoms with Crippen LogP contribution in [0.2, 0.25) is 0 Å². The molecule has 1 aromatic rings. The van der Waals surface area contributed by atoms with Crippen molar-refractivity contribution in [2.24, 2.45) is 5.41 Å². The maximum absolute atomic E-state index is 12.6. The lowest BCUT2D eigenvalue weighted by Crippen LogP contribution is -2.32. The molecule has 0 radical (unpaired) electrons. The van der Waals surface area contributed by atoms with Crippen LogP contribution < -0.4 is 0 Å². The Bertz CT molecular complexity index is 404. The van der Waals surface area contributed by atoms with Gasteiger partial charge in [-0.15, -0.1) is 11.8 Å². The van der Waals surface area contributed by atoms with Crippen LogP contribution >= 0.6 is 11.8 Å². The number of rotatable bonds is 8. The van der Waals surface area contributed by atoms with E-state index in [1.165, 1.54) is 32.1 Å². The molecular weight excluding hydrogens is 300 g/mol. The van der Waals surface area contributed by atoms with E-state index in [-0.39, 0.29) is 16.4 Å². The van der Waals surface area contributed by atoms with Crippen molar-refractivity contribution < 1.29 is 4.79 Å². The lowest BCUT2D eigenvalue weighted by Gasteiger charge is -2.29. The van der Waals surface area contributed by atoms with Gasteiger partial charge in [-0.3, -0.25) is 4.79 Å². The Morgan fingerprint density at radius 3 is 1.87 bits per heavy atom. The first-order chi connectivity index (χ1) is 10.9. The average Bonchev–Trinajstić information content (AvgIpc) is 2.52. The number of hydrogen-bond donors (Lipinski definition) is 0. The molecule has 1 aromatic carbocycles. The van der Waals surface area contributed by atoms with E-state index in [0.717, 1.165) is 11.3 Å². The third kappa shape index (κ3) is 9.86. The van der Waals surface area contributed by atoms with Crippen LogP contribution in [-0.4, -0.2) is 16.8 Å². The predicted octanol–water partition coefficient (Wildman–Crippen LogP) is 7.01. The Hall–Kier alpha value is -0.760. The summed E-state index contributed by atoms with van der Waals surface area (Å²) in [4.78, 5) is 12.6. The summed E-state index contributed by atoms with van der Waals surface area (Å²) in [6.07, 6.45) is 6.44. The van der Waals surface area contributed by atoms with E-state index in [1.54, 1.807) is 11.8 Å². The Labute approximate surface area is 148 Å². The zero-order valence-electron chi connectivity index (χ0n) is 16.0. The van der Waals surface area contributed by atoms with Gasteiger partial charge in [-0.25, -0.2) is 0 Å². The van der Waals surface area contributed by atoms with E-state index < -0.39 is 0 Å². The first-order valence-electron chi connectivity index (χ1n) is 9.09. The molecule has 0 N–H and O–H groups in total. The van der Waals surface area contributed by atoms with Gasteiger partial charge in [0.2, 0.25) is 0 Å². The van der Waals surface area contributed by atoms with Crippen molar-refractivity contribution in [3.8, 4) is 0 Å². The summed E-state index contributed by atoms with van der Waals surface area (Å²) >= 11 is 1.81. The lowest BCUT2D eigenvalue weighted by molar-refractivity contribution is 0.0950. The molecule has 132 valence electrons. The number of unbranched alkanes of at least 4 members (excludes halogenated alkanes) is 3. The second-order valence-corrected chi connectivity index (χ2v) is 8.27. The van der Waals surface area contributed by atoms with Gasteiger partial charge in [0.25, 0.3) is 0 Å². The number of ketones is 1. The van der Waals surface area contributed by atoms with Crippen LogP contribution in [0.3, 0.4) is 0 Å². The number of benzene rings is 1. The highest BCUT2D eigenvalue weighted by Gasteiger charge is 2.31. The molecule has 23 heavy (non-hydrogen) atoms. The van der Waals surface area contributed by atoms with Crippen LogP contribution in [0.4, 0.5) is 0 Å². The topological polar surface area (TPSA) is 17.1 Å². The molecule has 1 rings (SSSR count). The summed E-state index contributed by atoms with van der Waals surface area (Å²) in [6.45, 7) is 13.1. The van der Waals surface area contributed by atoms with Gasteiger partial charge in [0.15, 0.2) is 5.78 Å². The van der Waals surface area contributed by atoms with Crippen molar-refractivity contribution in [1.29, 1.82) is 0 Å². The van der Waals surface area contributed by atoms with E-state index in [2.05, 4.69) is 41.5 Å². The molecule has 2 heteroatoms. The van der Waals surface area contributed by atoms with Gasteiger partial charge in [0.1, 0.15) is 0 Å². The van der Waals surface area contributed by atoms with Crippen molar-refractivity contribution in [2.45, 2.75) is 78.9 Å². The number of hydrogen-bond acceptors (Lipinski definition) is 2. The van der Waals surface area contributed by atoms with Gasteiger partial charge in [-0.2, -0.15) is 0 Å². The SMILES string of the molecule is CCCCC.CCCCSC(C(=O)c1ccccc1)C(C)(C)C. The fourth-order valence-electron chi connectivity index (χ4n) is 2.17. The van der Waals surface area contributed by atoms with Crippen LogP contribution in [0, 0.1) is 5.41 Å². The summed E-state index contributed by atoms with van der Waals surface area (Å²) in [5.74, 6) is 1.33. The number of carbonyl (C=O) groups is 1. The molecular formula is C21H36OS. The molecule has 1 atom stereocenters. The minimum atomic E-state index is 0.00529. The quantitative estimate of drug-likeness (QED) is 0.375. The zero-order chi connectivity index (χ0) is 17.7. The van der Waals surface area contributed by atoms with Crippen LogP contribution in [0.5, 0.6) is 0 Å². The first-order valence-corrected chi connectivity index (χ1v) is 10.1. The third-order valence-electron chi connectivity index (χ3n) is 3.57. The minimum Gasteiger partial charge on any atom is -0.293 e. The Kier molecular flexibility index (Phi) is 12.2. The van der Waals surface area contributed by atoms with E-state index in [0.29, 0.717) is 0 Å². The highest BCUT2D eigenvalue weighted by Crippen LogP contribution is 2.33. The lowest BCUT2D eigenvalue weighted by atomic mass is 9.87. The molecule has 0 aliphatic rings. The normalized spacial score (nSPS) is 12.3. The molecule has 0 amide bonds. The number of carbonyl (C=O) groups excluding carboxylic acids is 1. The average molecular weight is 337 g/mol. The standard InChI is InChI=1S/C16H24OS.C5H12/c1-5-6-12-18-15(16(2,3)4)14(17)13-10-8-7-9-11-13;1-3-5-4-2/h7-11,15H,5-6,12H2,1-4H3;3-5H2,1-2H3. The fourth-order valence-corrected chi connectivity index (χ4v) is 3.65. The maximum Gasteiger partial charge on any atom is 0.176 e. The van der Waals surface area contributed by atoms with Crippen LogP contribution in [0.25, 0.3) is 0 Å². The smallest absolute Gasteiger partial charge is 0.176 e. The van der Waals surface area contributed by atoms with Crippen molar-refractivity contribution in [3.05, 3.63) is 35.9 Å². The molecule has 0 heterocycles. The molecule has 0 fully saturated rings. The van der Waals surface area contributed by atoms with E-state index in [1.807, 2.05) is 30.3 Å². The third-order valence-corrected chi connectivity index (χ3v) is 5.35. The van der Waals surface area contributed by atoms with Gasteiger partial charge >= 0.3 is 0 Å². The van der Waals surface area contributed by atoms with E-state index >= 15 is 0 Å². The molecule has 0 spiro atoms. The van der Waals surface area contributed by atoms with Gasteiger partial charge in [-0.1, -0.05) is 97.6 Å². The Morgan fingerprint density at radius 2 is 1.48 bits per heavy atom. The van der Waals surface area contributed by atoms with Crippen molar-refractivity contribution in [1.82, 2.24) is 0 Å². The molecule has 0 aliphatic heterocycles. The highest BCUT2D eigenvalue weighted by molar-refractivity contribution is 8.00. The molecule has 1 nitrogen and oxygen atoms in total. The van der Waals surface area contributed by atoms with Crippen LogP contribution in [0.15, 0.2) is 30.3 Å². The van der Waals surface area contributed by atoms with Gasteiger partial charge in [-0.05, 0) is 17.6 Å². The van der Waals surface area contributed by atoms with E-state index in [9.17, 15) is 4.79 Å². The number of thioether (sulfide) groups is 1. The monoisotopic (exact) mass is 336 g/mol. The van der Waals surface area contributed by atoms with Crippen molar-refractivity contribution in [3.63, 3.8) is 0 Å². The molecule has 1 unspecified atom stereocenters. The highest BCUT2D eigenvalue weighted by atomic mass is 32.2. The van der Waals surface area contributed by atoms with Crippen molar-refractivity contribution in [2.75, 3.05) is 5.75 Å². The summed E-state index contributed by atoms with van der Waals surface area (Å²) in [7, 11) is 0. The zero-order valence-corrected chi connectivity index (χ0v) is 16.8. The molecule has 0 aliphatic carbocycles. The van der Waals surface area contributed by atoms with Crippen LogP contribution in [-0.2, 0) is 0 Å². The van der Waals surface area contributed by atoms with Crippen LogP contribution in [0.1, 0.15) is 84.0 Å². The Morgan fingerprint density at radius 1 is 0.957 bits per heavy atom. The Balaban J connectivity index is 0.000000841. The molecule has 0 bridgehead atoms. The van der Waals surface area contributed by atoms with Gasteiger partial charge < -0.3 is 0 Å². The molecule has 0 saturated heterocycles. The summed E-state index contributed by atoms with van der Waals surface area (Å²) in [5.41, 5.74) is 0.840. The predicted molar refractivity (Wildman–Crippen MR) is 107 cm³/mol. The fraction of sp³-hybridized carbons (Fsp3) is 0.667. The number of Topliss-reactive ketones (excluding diaryl/α,β-unsaturated/α-hetero) is 1. The maximum atomic E-state index is 12.6. The summed E-state index contributed by atoms with van der Waals surface area (Å²) in [5, 5.41) is 0.0476.